The Balaban J connectivity index is 1.27. The summed E-state index contributed by atoms with van der Waals surface area (Å²) < 4.78 is 13.2. The molecule has 0 unspecified atom stereocenters. The number of allylic oxidation sites excluding steroid dienone is 1. The molecule has 1 spiro atoms. The fourth-order valence-corrected chi connectivity index (χ4v) is 11.1. The van der Waals surface area contributed by atoms with Gasteiger partial charge in [-0.15, -0.1) is 0 Å². The fraction of sp³-hybridized carbons (Fsp3) is 0.939. The molecule has 0 aromatic carbocycles. The molecule has 3 saturated carbocycles. The van der Waals surface area contributed by atoms with Crippen LogP contribution >= 0.6 is 0 Å². The predicted molar refractivity (Wildman–Crippen MR) is 155 cm³/mol. The third-order valence-corrected chi connectivity index (χ3v) is 15.4. The molecule has 0 amide bonds. The summed E-state index contributed by atoms with van der Waals surface area (Å²) in [5, 5.41) is 0. The van der Waals surface area contributed by atoms with Crippen LogP contribution in [0.15, 0.2) is 11.6 Å². The molecule has 0 aromatic rings. The van der Waals surface area contributed by atoms with Gasteiger partial charge in [0.05, 0.1) is 21.3 Å². The molecule has 5 aliphatic rings. The number of hydrogen-bond acceptors (Lipinski definition) is 2. The Morgan fingerprint density at radius 1 is 0.917 bits per heavy atom. The van der Waals surface area contributed by atoms with E-state index in [-0.39, 0.29) is 5.79 Å². The Bertz CT molecular complexity index is 818. The lowest BCUT2D eigenvalue weighted by Crippen LogP contribution is -2.55. The summed E-state index contributed by atoms with van der Waals surface area (Å²) in [4.78, 5) is 0. The van der Waals surface area contributed by atoms with E-state index in [9.17, 15) is 0 Å². The second-order valence-corrected chi connectivity index (χ2v) is 21.6. The maximum atomic E-state index is 6.62. The Labute approximate surface area is 224 Å². The number of ether oxygens (including phenoxy) is 2. The van der Waals surface area contributed by atoms with Crippen molar-refractivity contribution in [3.05, 3.63) is 11.6 Å². The van der Waals surface area contributed by atoms with Crippen LogP contribution in [0.1, 0.15) is 105 Å². The van der Waals surface area contributed by atoms with Crippen LogP contribution < -0.4 is 0 Å². The zero-order valence-corrected chi connectivity index (χ0v) is 26.1. The Hall–Kier alpha value is -0.123. The van der Waals surface area contributed by atoms with Crippen molar-refractivity contribution < 1.29 is 9.47 Å². The molecule has 1 saturated heterocycles. The van der Waals surface area contributed by atoms with Crippen LogP contribution in [0.25, 0.3) is 0 Å². The first kappa shape index (κ1) is 27.4. The molecular weight excluding hydrogens is 456 g/mol. The highest BCUT2D eigenvalue weighted by atomic mass is 28.3. The number of hydrogen-bond donors (Lipinski definition) is 0. The quantitative estimate of drug-likeness (QED) is 0.259. The summed E-state index contributed by atoms with van der Waals surface area (Å²) >= 11 is 0. The first-order valence-electron chi connectivity index (χ1n) is 15.9. The predicted octanol–water partition coefficient (Wildman–Crippen LogP) is 9.48. The van der Waals surface area contributed by atoms with Gasteiger partial charge in [0, 0.05) is 18.4 Å². The smallest absolute Gasteiger partial charge is 0.171 e. The normalized spacial score (nSPS) is 45.7. The van der Waals surface area contributed by atoms with Crippen molar-refractivity contribution in [1.29, 1.82) is 0 Å². The molecule has 1 heterocycles. The minimum atomic E-state index is -1.22. The largest absolute Gasteiger partial charge is 0.350 e. The van der Waals surface area contributed by atoms with E-state index in [2.05, 4.69) is 60.3 Å². The van der Waals surface area contributed by atoms with Gasteiger partial charge < -0.3 is 9.47 Å². The molecular formula is C33H58O2Si. The monoisotopic (exact) mass is 514 g/mol. The van der Waals surface area contributed by atoms with Crippen LogP contribution in [0, 0.1) is 46.3 Å². The zero-order valence-electron chi connectivity index (χ0n) is 25.1. The third kappa shape index (κ3) is 4.74. The molecule has 0 aromatic heterocycles. The summed E-state index contributed by atoms with van der Waals surface area (Å²) in [5.41, 5.74) is 3.29. The maximum Gasteiger partial charge on any atom is 0.171 e. The van der Waals surface area contributed by atoms with Crippen molar-refractivity contribution in [3.8, 4) is 0 Å². The van der Waals surface area contributed by atoms with Gasteiger partial charge in [0.15, 0.2) is 5.79 Å². The number of fused-ring (bicyclic) bond motifs is 5. The van der Waals surface area contributed by atoms with E-state index >= 15 is 0 Å². The summed E-state index contributed by atoms with van der Waals surface area (Å²) in [5.74, 6) is 5.11. The van der Waals surface area contributed by atoms with E-state index in [4.69, 9.17) is 9.47 Å². The topological polar surface area (TPSA) is 18.5 Å². The summed E-state index contributed by atoms with van der Waals surface area (Å²) in [7, 11) is -1.22. The SMILES string of the molecule is CC(C)CCC[C@@H](C)[C@H]1CC[C@H]2[C@@H]3CC=C4CC5(CC[C@]4(C)[C@H]3CC[C@]12C)OCC([Si](C)(C)C)CO5. The first-order chi connectivity index (χ1) is 16.9. The highest BCUT2D eigenvalue weighted by Crippen LogP contribution is 2.68. The summed E-state index contributed by atoms with van der Waals surface area (Å²) in [6, 6.07) is 0. The second-order valence-electron chi connectivity index (χ2n) is 16.1. The molecule has 5 rings (SSSR count). The van der Waals surface area contributed by atoms with E-state index in [1.807, 2.05) is 0 Å². The molecule has 206 valence electrons. The molecule has 0 radical (unpaired) electrons. The van der Waals surface area contributed by atoms with Crippen molar-refractivity contribution in [3.63, 3.8) is 0 Å². The van der Waals surface area contributed by atoms with E-state index < -0.39 is 8.07 Å². The first-order valence-corrected chi connectivity index (χ1v) is 19.4. The lowest BCUT2D eigenvalue weighted by Gasteiger charge is -2.60. The van der Waals surface area contributed by atoms with E-state index in [0.29, 0.717) is 16.4 Å². The molecule has 4 fully saturated rings. The van der Waals surface area contributed by atoms with E-state index in [0.717, 1.165) is 61.6 Å². The molecule has 0 N–H and O–H groups in total. The van der Waals surface area contributed by atoms with Crippen LogP contribution in [0.4, 0.5) is 0 Å². The molecule has 7 atom stereocenters. The van der Waals surface area contributed by atoms with Crippen LogP contribution in [0.3, 0.4) is 0 Å². The van der Waals surface area contributed by atoms with E-state index in [1.165, 1.54) is 57.8 Å². The zero-order chi connectivity index (χ0) is 25.9. The molecule has 3 heteroatoms. The Kier molecular flexibility index (Phi) is 7.48. The van der Waals surface area contributed by atoms with Crippen LogP contribution in [-0.4, -0.2) is 27.1 Å². The van der Waals surface area contributed by atoms with Crippen molar-refractivity contribution >= 4 is 8.07 Å². The van der Waals surface area contributed by atoms with Gasteiger partial charge >= 0.3 is 0 Å². The lowest BCUT2D eigenvalue weighted by atomic mass is 9.46. The van der Waals surface area contributed by atoms with Gasteiger partial charge in [0.2, 0.25) is 0 Å². The van der Waals surface area contributed by atoms with Crippen LogP contribution in [0.2, 0.25) is 25.2 Å². The molecule has 36 heavy (non-hydrogen) atoms. The van der Waals surface area contributed by atoms with Gasteiger partial charge in [0.25, 0.3) is 0 Å². The minimum Gasteiger partial charge on any atom is -0.350 e. The van der Waals surface area contributed by atoms with Gasteiger partial charge in [-0.1, -0.05) is 85.2 Å². The van der Waals surface area contributed by atoms with Crippen molar-refractivity contribution in [2.75, 3.05) is 13.2 Å². The third-order valence-electron chi connectivity index (χ3n) is 12.6. The Morgan fingerprint density at radius 3 is 2.31 bits per heavy atom. The molecule has 1 aliphatic heterocycles. The van der Waals surface area contributed by atoms with Gasteiger partial charge in [-0.05, 0) is 84.9 Å². The molecule has 0 bridgehead atoms. The van der Waals surface area contributed by atoms with Crippen LogP contribution in [-0.2, 0) is 9.47 Å². The summed E-state index contributed by atoms with van der Waals surface area (Å²) in [6.07, 6.45) is 17.6. The maximum absolute atomic E-state index is 6.62. The van der Waals surface area contributed by atoms with E-state index in [1.54, 1.807) is 5.57 Å². The van der Waals surface area contributed by atoms with Gasteiger partial charge in [-0.2, -0.15) is 0 Å². The van der Waals surface area contributed by atoms with Crippen LogP contribution in [0.5, 0.6) is 0 Å². The van der Waals surface area contributed by atoms with Gasteiger partial charge in [-0.25, -0.2) is 0 Å². The van der Waals surface area contributed by atoms with Crippen molar-refractivity contribution in [2.24, 2.45) is 46.3 Å². The minimum absolute atomic E-state index is 0.318. The van der Waals surface area contributed by atoms with Crippen molar-refractivity contribution in [1.82, 2.24) is 0 Å². The second kappa shape index (κ2) is 9.81. The fourth-order valence-electron chi connectivity index (χ4n) is 9.97. The van der Waals surface area contributed by atoms with Crippen molar-refractivity contribution in [2.45, 2.75) is 136 Å². The average molecular weight is 515 g/mol. The van der Waals surface area contributed by atoms with Gasteiger partial charge in [-0.3, -0.25) is 0 Å². The summed E-state index contributed by atoms with van der Waals surface area (Å²) in [6.45, 7) is 21.9. The lowest BCUT2D eigenvalue weighted by molar-refractivity contribution is -0.281. The standard InChI is InChI=1S/C33H58O2Si/c1-23(2)10-9-11-24(3)28-14-15-29-27-13-12-25-20-33(34-21-26(22-35-33)36(6,7)8)19-18-31(25,4)30(27)16-17-32(28,29)5/h12,23-24,26-30H,9-11,13-22H2,1-8H3/t24-,26?,27+,28-,29+,30+,31+,32-,33?/m1/s1. The number of rotatable bonds is 6. The highest BCUT2D eigenvalue weighted by Gasteiger charge is 2.60. The van der Waals surface area contributed by atoms with Gasteiger partial charge in [0.1, 0.15) is 0 Å². The molecule has 4 aliphatic carbocycles. The Morgan fingerprint density at radius 2 is 1.64 bits per heavy atom. The molecule has 2 nitrogen and oxygen atoms in total. The highest BCUT2D eigenvalue weighted by molar-refractivity contribution is 6.77. The average Bonchev–Trinajstić information content (AvgIpc) is 3.16.